The number of rotatable bonds is 4. The van der Waals surface area contributed by atoms with E-state index in [1.807, 2.05) is 0 Å². The fraction of sp³-hybridized carbons (Fsp3) is 0.385. The van der Waals surface area contributed by atoms with E-state index >= 15 is 0 Å². The quantitative estimate of drug-likeness (QED) is 0.856. The third kappa shape index (κ3) is 3.47. The van der Waals surface area contributed by atoms with Gasteiger partial charge in [0.25, 0.3) is 0 Å². The van der Waals surface area contributed by atoms with E-state index in [1.54, 1.807) is 38.2 Å². The largest absolute Gasteiger partial charge is 0.357 e. The Hall–Kier alpha value is -1.63. The molecule has 0 aromatic carbocycles. The number of aromatic nitrogens is 4. The summed E-state index contributed by atoms with van der Waals surface area (Å²) in [5, 5.41) is 0. The molecule has 2 heterocycles. The number of likely N-dealkylation sites (N-methyl/N-ethyl adjacent to an activating group) is 1. The van der Waals surface area contributed by atoms with Gasteiger partial charge in [-0.1, -0.05) is 0 Å². The second kappa shape index (κ2) is 6.21. The van der Waals surface area contributed by atoms with Gasteiger partial charge < -0.3 is 4.90 Å². The van der Waals surface area contributed by atoms with Gasteiger partial charge in [-0.25, -0.2) is 24.3 Å². The fourth-order valence-corrected chi connectivity index (χ4v) is 1.98. The number of hydrogen-bond acceptors (Lipinski definition) is 5. The molecule has 0 radical (unpaired) electrons. The van der Waals surface area contributed by atoms with Crippen LogP contribution in [-0.2, 0) is 6.42 Å². The molecule has 2 aromatic heterocycles. The van der Waals surface area contributed by atoms with Crippen LogP contribution < -0.4 is 4.90 Å². The molecule has 5 nitrogen and oxygen atoms in total. The van der Waals surface area contributed by atoms with Gasteiger partial charge in [0.05, 0.1) is 10.2 Å². The highest BCUT2D eigenvalue weighted by molar-refractivity contribution is 9.10. The van der Waals surface area contributed by atoms with Crippen LogP contribution in [0.15, 0.2) is 16.9 Å². The third-order valence-electron chi connectivity index (χ3n) is 2.82. The molecule has 0 unspecified atom stereocenters. The Morgan fingerprint density at radius 2 is 1.85 bits per heavy atom. The molecule has 2 rings (SSSR count). The average Bonchev–Trinajstić information content (AvgIpc) is 2.42. The molecule has 20 heavy (non-hydrogen) atoms. The van der Waals surface area contributed by atoms with Gasteiger partial charge in [0.1, 0.15) is 11.6 Å². The van der Waals surface area contributed by atoms with Crippen LogP contribution in [0.1, 0.15) is 17.3 Å². The van der Waals surface area contributed by atoms with Crippen LogP contribution in [0.4, 0.5) is 10.2 Å². The van der Waals surface area contributed by atoms with Crippen molar-refractivity contribution in [2.24, 2.45) is 0 Å². The van der Waals surface area contributed by atoms with E-state index in [1.165, 1.54) is 0 Å². The topological polar surface area (TPSA) is 54.8 Å². The van der Waals surface area contributed by atoms with Gasteiger partial charge in [0.15, 0.2) is 11.6 Å². The normalized spacial score (nSPS) is 10.7. The van der Waals surface area contributed by atoms with Gasteiger partial charge in [-0.3, -0.25) is 0 Å². The van der Waals surface area contributed by atoms with Crippen molar-refractivity contribution < 1.29 is 4.39 Å². The molecule has 0 aliphatic carbocycles. The number of anilines is 1. The van der Waals surface area contributed by atoms with Gasteiger partial charge in [0, 0.05) is 32.4 Å². The van der Waals surface area contributed by atoms with Crippen molar-refractivity contribution >= 4 is 21.7 Å². The summed E-state index contributed by atoms with van der Waals surface area (Å²) in [7, 11) is 1.79. The zero-order valence-electron chi connectivity index (χ0n) is 11.6. The first kappa shape index (κ1) is 14.8. The molecular formula is C13H15BrFN5. The lowest BCUT2D eigenvalue weighted by atomic mass is 10.3. The first-order valence-electron chi connectivity index (χ1n) is 6.15. The van der Waals surface area contributed by atoms with Crippen LogP contribution in [-0.4, -0.2) is 33.5 Å². The Morgan fingerprint density at radius 3 is 2.50 bits per heavy atom. The van der Waals surface area contributed by atoms with E-state index in [0.717, 1.165) is 4.47 Å². The van der Waals surface area contributed by atoms with E-state index in [2.05, 4.69) is 35.9 Å². The second-order valence-electron chi connectivity index (χ2n) is 4.48. The smallest absolute Gasteiger partial charge is 0.186 e. The molecule has 0 amide bonds. The maximum absolute atomic E-state index is 14.0. The molecule has 0 bridgehead atoms. The summed E-state index contributed by atoms with van der Waals surface area (Å²) in [5.74, 6) is 1.20. The van der Waals surface area contributed by atoms with Crippen LogP contribution >= 0.6 is 15.9 Å². The van der Waals surface area contributed by atoms with Crippen molar-refractivity contribution in [2.45, 2.75) is 20.3 Å². The Kier molecular flexibility index (Phi) is 4.59. The standard InChI is InChI=1S/C13H15BrFN5/c1-8-12(15)13(19-9(2)18-8)20(3)5-4-11-16-6-10(14)7-17-11/h6-7H,4-5H2,1-3H3. The monoisotopic (exact) mass is 339 g/mol. The van der Waals surface area contributed by atoms with Gasteiger partial charge in [-0.05, 0) is 29.8 Å². The van der Waals surface area contributed by atoms with Crippen molar-refractivity contribution in [2.75, 3.05) is 18.5 Å². The Labute approximate surface area is 125 Å². The predicted molar refractivity (Wildman–Crippen MR) is 78.2 cm³/mol. The highest BCUT2D eigenvalue weighted by atomic mass is 79.9. The minimum Gasteiger partial charge on any atom is -0.357 e. The van der Waals surface area contributed by atoms with Gasteiger partial charge in [-0.15, -0.1) is 0 Å². The summed E-state index contributed by atoms with van der Waals surface area (Å²) in [6.07, 6.45) is 4.01. The van der Waals surface area contributed by atoms with Crippen molar-refractivity contribution in [3.05, 3.63) is 40.0 Å². The Morgan fingerprint density at radius 1 is 1.20 bits per heavy atom. The summed E-state index contributed by atoms with van der Waals surface area (Å²) in [4.78, 5) is 18.3. The summed E-state index contributed by atoms with van der Waals surface area (Å²) in [5.41, 5.74) is 0.360. The lowest BCUT2D eigenvalue weighted by molar-refractivity contribution is 0.592. The maximum atomic E-state index is 14.0. The summed E-state index contributed by atoms with van der Waals surface area (Å²) < 4.78 is 14.8. The third-order valence-corrected chi connectivity index (χ3v) is 3.23. The maximum Gasteiger partial charge on any atom is 0.186 e. The summed E-state index contributed by atoms with van der Waals surface area (Å²) in [6.45, 7) is 3.97. The number of halogens is 2. The Bertz CT molecular complexity index is 602. The molecule has 0 spiro atoms. The van der Waals surface area contributed by atoms with Crippen molar-refractivity contribution in [3.8, 4) is 0 Å². The van der Waals surface area contributed by atoms with Crippen LogP contribution in [0.25, 0.3) is 0 Å². The number of nitrogens with zero attached hydrogens (tertiary/aromatic N) is 5. The van der Waals surface area contributed by atoms with E-state index in [4.69, 9.17) is 0 Å². The molecule has 2 aromatic rings. The molecule has 0 atom stereocenters. The van der Waals surface area contributed by atoms with E-state index in [-0.39, 0.29) is 5.82 Å². The minimum absolute atomic E-state index is 0.312. The van der Waals surface area contributed by atoms with Gasteiger partial charge in [-0.2, -0.15) is 0 Å². The number of hydrogen-bond donors (Lipinski definition) is 0. The van der Waals surface area contributed by atoms with Crippen LogP contribution in [0, 0.1) is 19.7 Å². The fourth-order valence-electron chi connectivity index (χ4n) is 1.78. The SMILES string of the molecule is Cc1nc(C)c(F)c(N(C)CCc2ncc(Br)cn2)n1. The molecule has 0 N–H and O–H groups in total. The van der Waals surface area contributed by atoms with E-state index in [9.17, 15) is 4.39 Å². The number of aryl methyl sites for hydroxylation is 2. The van der Waals surface area contributed by atoms with Gasteiger partial charge in [0.2, 0.25) is 0 Å². The zero-order valence-corrected chi connectivity index (χ0v) is 13.1. The zero-order chi connectivity index (χ0) is 14.7. The lowest BCUT2D eigenvalue weighted by Crippen LogP contribution is -2.24. The lowest BCUT2D eigenvalue weighted by Gasteiger charge is -2.19. The molecule has 0 aliphatic heterocycles. The molecular weight excluding hydrogens is 325 g/mol. The summed E-state index contributed by atoms with van der Waals surface area (Å²) in [6, 6.07) is 0. The van der Waals surface area contributed by atoms with E-state index in [0.29, 0.717) is 36.1 Å². The minimum atomic E-state index is -0.380. The first-order chi connectivity index (χ1) is 9.47. The van der Waals surface area contributed by atoms with Crippen molar-refractivity contribution in [1.29, 1.82) is 0 Å². The van der Waals surface area contributed by atoms with Crippen molar-refractivity contribution in [1.82, 2.24) is 19.9 Å². The van der Waals surface area contributed by atoms with Crippen LogP contribution in [0.3, 0.4) is 0 Å². The van der Waals surface area contributed by atoms with Gasteiger partial charge >= 0.3 is 0 Å². The van der Waals surface area contributed by atoms with Crippen LogP contribution in [0.2, 0.25) is 0 Å². The van der Waals surface area contributed by atoms with Crippen molar-refractivity contribution in [3.63, 3.8) is 0 Å². The molecule has 0 saturated carbocycles. The Balaban J connectivity index is 2.08. The molecule has 0 fully saturated rings. The average molecular weight is 340 g/mol. The molecule has 0 saturated heterocycles. The van der Waals surface area contributed by atoms with Crippen LogP contribution in [0.5, 0.6) is 0 Å². The highest BCUT2D eigenvalue weighted by Gasteiger charge is 2.14. The first-order valence-corrected chi connectivity index (χ1v) is 6.95. The molecule has 106 valence electrons. The molecule has 0 aliphatic rings. The second-order valence-corrected chi connectivity index (χ2v) is 5.40. The van der Waals surface area contributed by atoms with E-state index < -0.39 is 0 Å². The molecule has 7 heteroatoms. The predicted octanol–water partition coefficient (Wildman–Crippen LogP) is 2.46. The summed E-state index contributed by atoms with van der Waals surface area (Å²) >= 11 is 3.29. The highest BCUT2D eigenvalue weighted by Crippen LogP contribution is 2.17.